The first-order valence-electron chi connectivity index (χ1n) is 3.53. The average molecular weight is 143 g/mol. The number of ether oxygens (including phenoxy) is 1. The van der Waals surface area contributed by atoms with Gasteiger partial charge in [-0.1, -0.05) is 13.8 Å². The molecule has 1 aliphatic heterocycles. The first-order valence-corrected chi connectivity index (χ1v) is 3.53. The van der Waals surface area contributed by atoms with E-state index in [0.29, 0.717) is 13.0 Å². The predicted molar refractivity (Wildman–Crippen MR) is 37.3 cm³/mol. The molecule has 1 fully saturated rings. The number of esters is 1. The lowest BCUT2D eigenvalue weighted by atomic mass is 9.86. The van der Waals surface area contributed by atoms with E-state index in [-0.39, 0.29) is 11.9 Å². The Balaban J connectivity index is 2.75. The van der Waals surface area contributed by atoms with Crippen LogP contribution in [-0.2, 0) is 9.53 Å². The third-order valence-corrected chi connectivity index (χ3v) is 2.16. The van der Waals surface area contributed by atoms with E-state index < -0.39 is 5.54 Å². The number of hydrogen-bond acceptors (Lipinski definition) is 3. The van der Waals surface area contributed by atoms with Gasteiger partial charge in [-0.3, -0.25) is 4.79 Å². The molecule has 1 rings (SSSR count). The van der Waals surface area contributed by atoms with Gasteiger partial charge in [0.1, 0.15) is 5.54 Å². The van der Waals surface area contributed by atoms with Crippen LogP contribution in [0.1, 0.15) is 20.3 Å². The minimum atomic E-state index is -0.708. The Morgan fingerprint density at radius 1 is 1.70 bits per heavy atom. The molecule has 10 heavy (non-hydrogen) atoms. The van der Waals surface area contributed by atoms with Gasteiger partial charge in [-0.05, 0) is 5.92 Å². The lowest BCUT2D eigenvalue weighted by Gasteiger charge is -2.22. The smallest absolute Gasteiger partial charge is 0.326 e. The molecule has 3 heteroatoms. The first-order chi connectivity index (χ1) is 4.57. The SMILES string of the molecule is CC(C)[C@]1(N)CCOC1=O. The van der Waals surface area contributed by atoms with Crippen LogP contribution in [0.5, 0.6) is 0 Å². The highest BCUT2D eigenvalue weighted by Crippen LogP contribution is 2.24. The molecule has 0 unspecified atom stereocenters. The zero-order chi connectivity index (χ0) is 7.78. The van der Waals surface area contributed by atoms with Crippen molar-refractivity contribution < 1.29 is 9.53 Å². The van der Waals surface area contributed by atoms with E-state index in [1.165, 1.54) is 0 Å². The maximum atomic E-state index is 11.0. The Morgan fingerprint density at radius 2 is 2.30 bits per heavy atom. The number of hydrogen-bond donors (Lipinski definition) is 1. The van der Waals surface area contributed by atoms with Crippen molar-refractivity contribution in [3.63, 3.8) is 0 Å². The van der Waals surface area contributed by atoms with E-state index in [2.05, 4.69) is 0 Å². The topological polar surface area (TPSA) is 52.3 Å². The first kappa shape index (κ1) is 7.54. The Morgan fingerprint density at radius 3 is 2.50 bits per heavy atom. The van der Waals surface area contributed by atoms with Crippen molar-refractivity contribution in [1.82, 2.24) is 0 Å². The van der Waals surface area contributed by atoms with Gasteiger partial charge in [0.2, 0.25) is 0 Å². The number of cyclic esters (lactones) is 1. The molecular weight excluding hydrogens is 130 g/mol. The second kappa shape index (κ2) is 2.23. The molecule has 0 aromatic rings. The van der Waals surface area contributed by atoms with Gasteiger partial charge in [-0.25, -0.2) is 0 Å². The zero-order valence-electron chi connectivity index (χ0n) is 6.39. The summed E-state index contributed by atoms with van der Waals surface area (Å²) in [6.07, 6.45) is 0.656. The maximum absolute atomic E-state index is 11.0. The minimum absolute atomic E-state index is 0.169. The standard InChI is InChI=1S/C7H13NO2/c1-5(2)7(8)3-4-10-6(7)9/h5H,3-4,8H2,1-2H3/t7-/m1/s1. The van der Waals surface area contributed by atoms with E-state index in [0.717, 1.165) is 0 Å². The molecule has 1 saturated heterocycles. The van der Waals surface area contributed by atoms with Gasteiger partial charge >= 0.3 is 5.97 Å². The summed E-state index contributed by atoms with van der Waals surface area (Å²) >= 11 is 0. The van der Waals surface area contributed by atoms with Crippen molar-refractivity contribution in [2.24, 2.45) is 11.7 Å². The van der Waals surface area contributed by atoms with E-state index >= 15 is 0 Å². The zero-order valence-corrected chi connectivity index (χ0v) is 6.39. The summed E-state index contributed by atoms with van der Waals surface area (Å²) in [6, 6.07) is 0. The van der Waals surface area contributed by atoms with Crippen LogP contribution >= 0.6 is 0 Å². The van der Waals surface area contributed by atoms with Crippen LogP contribution in [0.15, 0.2) is 0 Å². The van der Waals surface area contributed by atoms with Crippen molar-refractivity contribution in [3.05, 3.63) is 0 Å². The van der Waals surface area contributed by atoms with E-state index in [1.54, 1.807) is 0 Å². The van der Waals surface area contributed by atoms with Crippen LogP contribution in [0.3, 0.4) is 0 Å². The highest BCUT2D eigenvalue weighted by Gasteiger charge is 2.43. The van der Waals surface area contributed by atoms with Gasteiger partial charge in [0.25, 0.3) is 0 Å². The predicted octanol–water partition coefficient (Wildman–Crippen LogP) is 0.287. The van der Waals surface area contributed by atoms with E-state index in [1.807, 2.05) is 13.8 Å². The normalized spacial score (nSPS) is 33.0. The van der Waals surface area contributed by atoms with Gasteiger partial charge in [-0.15, -0.1) is 0 Å². The summed E-state index contributed by atoms with van der Waals surface area (Å²) in [4.78, 5) is 11.0. The highest BCUT2D eigenvalue weighted by atomic mass is 16.5. The molecule has 0 amide bonds. The molecule has 0 aliphatic carbocycles. The molecule has 0 radical (unpaired) electrons. The Labute approximate surface area is 60.5 Å². The summed E-state index contributed by atoms with van der Waals surface area (Å²) < 4.78 is 4.77. The molecular formula is C7H13NO2. The molecule has 0 bridgehead atoms. The number of carbonyl (C=O) groups is 1. The lowest BCUT2D eigenvalue weighted by Crippen LogP contribution is -2.49. The van der Waals surface area contributed by atoms with Gasteiger partial charge in [0, 0.05) is 6.42 Å². The monoisotopic (exact) mass is 143 g/mol. The molecule has 1 atom stereocenters. The number of rotatable bonds is 1. The van der Waals surface area contributed by atoms with Crippen LogP contribution in [0.25, 0.3) is 0 Å². The average Bonchev–Trinajstić information content (AvgIpc) is 2.15. The van der Waals surface area contributed by atoms with Crippen LogP contribution in [0.4, 0.5) is 0 Å². The van der Waals surface area contributed by atoms with Crippen molar-refractivity contribution in [1.29, 1.82) is 0 Å². The fraction of sp³-hybridized carbons (Fsp3) is 0.857. The summed E-state index contributed by atoms with van der Waals surface area (Å²) in [6.45, 7) is 4.35. The van der Waals surface area contributed by atoms with Crippen molar-refractivity contribution in [2.45, 2.75) is 25.8 Å². The quantitative estimate of drug-likeness (QED) is 0.537. The maximum Gasteiger partial charge on any atom is 0.326 e. The lowest BCUT2D eigenvalue weighted by molar-refractivity contribution is -0.143. The van der Waals surface area contributed by atoms with Crippen molar-refractivity contribution >= 4 is 5.97 Å². The van der Waals surface area contributed by atoms with E-state index in [9.17, 15) is 4.79 Å². The summed E-state index contributed by atoms with van der Waals surface area (Å²) in [5, 5.41) is 0. The Hall–Kier alpha value is -0.570. The molecule has 2 N–H and O–H groups in total. The fourth-order valence-electron chi connectivity index (χ4n) is 1.07. The van der Waals surface area contributed by atoms with Gasteiger partial charge in [0.15, 0.2) is 0 Å². The van der Waals surface area contributed by atoms with Gasteiger partial charge in [-0.2, -0.15) is 0 Å². The number of carbonyl (C=O) groups excluding carboxylic acids is 1. The minimum Gasteiger partial charge on any atom is -0.464 e. The third kappa shape index (κ3) is 0.904. The van der Waals surface area contributed by atoms with Crippen molar-refractivity contribution in [3.8, 4) is 0 Å². The molecule has 0 saturated carbocycles. The molecule has 0 aromatic heterocycles. The second-order valence-corrected chi connectivity index (χ2v) is 3.08. The van der Waals surface area contributed by atoms with Crippen molar-refractivity contribution in [2.75, 3.05) is 6.61 Å². The van der Waals surface area contributed by atoms with E-state index in [4.69, 9.17) is 10.5 Å². The van der Waals surface area contributed by atoms with Gasteiger partial charge in [0.05, 0.1) is 6.61 Å². The number of nitrogens with two attached hydrogens (primary N) is 1. The summed E-state index contributed by atoms with van der Waals surface area (Å²) in [5.41, 5.74) is 5.06. The fourth-order valence-corrected chi connectivity index (χ4v) is 1.07. The summed E-state index contributed by atoms with van der Waals surface area (Å²) in [7, 11) is 0. The van der Waals surface area contributed by atoms with Crippen LogP contribution in [0.2, 0.25) is 0 Å². The highest BCUT2D eigenvalue weighted by molar-refractivity contribution is 5.82. The van der Waals surface area contributed by atoms with Crippen LogP contribution in [-0.4, -0.2) is 18.1 Å². The molecule has 3 nitrogen and oxygen atoms in total. The Bertz CT molecular complexity index is 156. The molecule has 58 valence electrons. The van der Waals surface area contributed by atoms with Crippen LogP contribution in [0, 0.1) is 5.92 Å². The molecule has 1 heterocycles. The second-order valence-electron chi connectivity index (χ2n) is 3.08. The Kier molecular flexibility index (Phi) is 1.68. The van der Waals surface area contributed by atoms with Gasteiger partial charge < -0.3 is 10.5 Å². The molecule has 0 spiro atoms. The third-order valence-electron chi connectivity index (χ3n) is 2.16. The molecule has 1 aliphatic rings. The van der Waals surface area contributed by atoms with Crippen LogP contribution < -0.4 is 5.73 Å². The molecule has 0 aromatic carbocycles. The largest absolute Gasteiger partial charge is 0.464 e. The summed E-state index contributed by atoms with van der Waals surface area (Å²) in [5.74, 6) is -0.0787.